The van der Waals surface area contributed by atoms with E-state index in [0.717, 1.165) is 19.3 Å². The van der Waals surface area contributed by atoms with Gasteiger partial charge in [0, 0.05) is 13.5 Å². The summed E-state index contributed by atoms with van der Waals surface area (Å²) in [5.41, 5.74) is 0. The Kier molecular flexibility index (Phi) is 15.1. The predicted molar refractivity (Wildman–Crippen MR) is 109 cm³/mol. The van der Waals surface area contributed by atoms with Crippen molar-refractivity contribution in [3.8, 4) is 0 Å². The summed E-state index contributed by atoms with van der Waals surface area (Å²) in [4.78, 5) is 11.7. The van der Waals surface area contributed by atoms with Crippen molar-refractivity contribution in [2.75, 3.05) is 54.6 Å². The number of phosphoric ester groups is 1. The fraction of sp³-hybridized carbons (Fsp3) is 0.947. The molecule has 9 heteroatoms. The van der Waals surface area contributed by atoms with Crippen LogP contribution in [0.3, 0.4) is 0 Å². The molecule has 2 atom stereocenters. The molecule has 0 saturated heterocycles. The lowest BCUT2D eigenvalue weighted by Gasteiger charge is -2.24. The van der Waals surface area contributed by atoms with E-state index in [4.69, 9.17) is 18.3 Å². The molecule has 2 unspecified atom stereocenters. The Bertz CT molecular complexity index is 454. The molecular formula is C19H41NO7P+. The van der Waals surface area contributed by atoms with E-state index in [-0.39, 0.29) is 25.8 Å². The van der Waals surface area contributed by atoms with Gasteiger partial charge < -0.3 is 14.3 Å². The fourth-order valence-electron chi connectivity index (χ4n) is 2.28. The van der Waals surface area contributed by atoms with Gasteiger partial charge in [-0.05, 0) is 6.42 Å². The van der Waals surface area contributed by atoms with Crippen molar-refractivity contribution >= 4 is 13.8 Å². The van der Waals surface area contributed by atoms with Crippen LogP contribution in [0.1, 0.15) is 58.3 Å². The third-order valence-electron chi connectivity index (χ3n) is 4.08. The highest BCUT2D eigenvalue weighted by atomic mass is 31.2. The van der Waals surface area contributed by atoms with Crippen LogP contribution in [-0.4, -0.2) is 76.3 Å². The van der Waals surface area contributed by atoms with Crippen LogP contribution in [0.4, 0.5) is 0 Å². The van der Waals surface area contributed by atoms with Crippen LogP contribution >= 0.6 is 7.82 Å². The zero-order valence-corrected chi connectivity index (χ0v) is 19.2. The van der Waals surface area contributed by atoms with Crippen LogP contribution in [-0.2, 0) is 27.7 Å². The van der Waals surface area contributed by atoms with Gasteiger partial charge in [0.05, 0.1) is 27.7 Å². The van der Waals surface area contributed by atoms with Gasteiger partial charge in [0.15, 0.2) is 0 Å². The molecule has 0 aliphatic heterocycles. The first-order chi connectivity index (χ1) is 13.1. The van der Waals surface area contributed by atoms with Crippen molar-refractivity contribution in [3.05, 3.63) is 0 Å². The molecule has 0 aromatic carbocycles. The van der Waals surface area contributed by atoms with E-state index in [1.54, 1.807) is 0 Å². The van der Waals surface area contributed by atoms with E-state index in [1.807, 2.05) is 21.1 Å². The smallest absolute Gasteiger partial charge is 0.463 e. The minimum Gasteiger partial charge on any atom is -0.463 e. The van der Waals surface area contributed by atoms with Crippen LogP contribution in [0.2, 0.25) is 0 Å². The maximum atomic E-state index is 12.3. The molecule has 1 N–H and O–H groups in total. The topological polar surface area (TPSA) is 91.3 Å². The van der Waals surface area contributed by atoms with Crippen LogP contribution in [0.25, 0.3) is 0 Å². The number of quaternary nitrogens is 1. The van der Waals surface area contributed by atoms with E-state index >= 15 is 0 Å². The molecule has 0 aliphatic rings. The first-order valence-electron chi connectivity index (χ1n) is 10.2. The highest BCUT2D eigenvalue weighted by molar-refractivity contribution is 7.48. The van der Waals surface area contributed by atoms with Gasteiger partial charge in [-0.15, -0.1) is 0 Å². The molecule has 0 radical (unpaired) electrons. The normalized spacial score (nSPS) is 15.2. The first-order valence-corrected chi connectivity index (χ1v) is 11.7. The largest absolute Gasteiger partial charge is 0.474 e. The maximum Gasteiger partial charge on any atom is 0.474 e. The van der Waals surface area contributed by atoms with Gasteiger partial charge in [-0.3, -0.25) is 18.4 Å². The van der Waals surface area contributed by atoms with E-state index in [0.29, 0.717) is 17.4 Å². The molecule has 0 spiro atoms. The zero-order valence-electron chi connectivity index (χ0n) is 18.4. The summed E-state index contributed by atoms with van der Waals surface area (Å²) in [5, 5.41) is 9.87. The van der Waals surface area contributed by atoms with Gasteiger partial charge >= 0.3 is 13.8 Å². The second-order valence-corrected chi connectivity index (χ2v) is 9.76. The van der Waals surface area contributed by atoms with Crippen molar-refractivity contribution in [3.63, 3.8) is 0 Å². The van der Waals surface area contributed by atoms with E-state index in [2.05, 4.69) is 6.92 Å². The maximum absolute atomic E-state index is 12.3. The Morgan fingerprint density at radius 3 is 2.18 bits per heavy atom. The minimum absolute atomic E-state index is 0.193. The van der Waals surface area contributed by atoms with Crippen LogP contribution in [0, 0.1) is 0 Å². The summed E-state index contributed by atoms with van der Waals surface area (Å²) >= 11 is 0. The van der Waals surface area contributed by atoms with E-state index < -0.39 is 13.9 Å². The van der Waals surface area contributed by atoms with Gasteiger partial charge in [-0.25, -0.2) is 4.57 Å². The van der Waals surface area contributed by atoms with E-state index in [9.17, 15) is 14.5 Å². The molecular weight excluding hydrogens is 385 g/mol. The molecule has 0 aliphatic carbocycles. The second kappa shape index (κ2) is 15.4. The van der Waals surface area contributed by atoms with Gasteiger partial charge in [-0.1, -0.05) is 45.4 Å². The lowest BCUT2D eigenvalue weighted by atomic mass is 10.1. The number of aliphatic hydroxyl groups excluding tert-OH is 1. The quantitative estimate of drug-likeness (QED) is 0.155. The van der Waals surface area contributed by atoms with Crippen molar-refractivity contribution < 1.29 is 37.3 Å². The molecule has 0 bridgehead atoms. The number of unbranched alkanes of at least 4 members (excludes halogenated alkanes) is 6. The molecule has 0 amide bonds. The summed E-state index contributed by atoms with van der Waals surface area (Å²) < 4.78 is 33.1. The highest BCUT2D eigenvalue weighted by Gasteiger charge is 2.27. The van der Waals surface area contributed by atoms with Crippen molar-refractivity contribution in [2.24, 2.45) is 0 Å². The highest BCUT2D eigenvalue weighted by Crippen LogP contribution is 2.48. The molecule has 0 aromatic heterocycles. The lowest BCUT2D eigenvalue weighted by Crippen LogP contribution is -2.37. The predicted octanol–water partition coefficient (Wildman–Crippen LogP) is 3.53. The molecule has 168 valence electrons. The van der Waals surface area contributed by atoms with Crippen molar-refractivity contribution in [1.82, 2.24) is 0 Å². The average Bonchev–Trinajstić information content (AvgIpc) is 2.63. The molecule has 0 rings (SSSR count). The summed E-state index contributed by atoms with van der Waals surface area (Å²) in [7, 11) is 3.43. The fourth-order valence-corrected chi connectivity index (χ4v) is 3.23. The Morgan fingerprint density at radius 2 is 1.61 bits per heavy atom. The van der Waals surface area contributed by atoms with Crippen LogP contribution < -0.4 is 0 Å². The van der Waals surface area contributed by atoms with Crippen LogP contribution in [0.15, 0.2) is 0 Å². The number of ether oxygens (including phenoxy) is 1. The first kappa shape index (κ1) is 27.5. The number of aliphatic hydroxyl groups is 1. The van der Waals surface area contributed by atoms with E-state index in [1.165, 1.54) is 32.8 Å². The molecule has 0 heterocycles. The summed E-state index contributed by atoms with van der Waals surface area (Å²) in [5.74, 6) is -0.346. The van der Waals surface area contributed by atoms with Crippen molar-refractivity contribution in [1.29, 1.82) is 0 Å². The number of nitrogens with zero attached hydrogens (tertiary/aromatic N) is 1. The van der Waals surface area contributed by atoms with Crippen LogP contribution in [0.5, 0.6) is 0 Å². The standard InChI is InChI=1S/C19H41NO7P/c1-6-7-8-9-10-11-12-13-19(22)25-16-18(21)17-27-28(23,24-5)26-15-14-20(2,3)4/h18,21H,6-17H2,1-5H3/q+1. The summed E-state index contributed by atoms with van der Waals surface area (Å²) in [6.45, 7) is 2.48. The van der Waals surface area contributed by atoms with Crippen molar-refractivity contribution in [2.45, 2.75) is 64.4 Å². The zero-order chi connectivity index (χ0) is 21.5. The Balaban J connectivity index is 3.89. The molecule has 0 saturated carbocycles. The minimum atomic E-state index is -3.73. The van der Waals surface area contributed by atoms with Gasteiger partial charge in [-0.2, -0.15) is 0 Å². The average molecular weight is 427 g/mol. The third-order valence-corrected chi connectivity index (χ3v) is 5.49. The Labute approximate surface area is 170 Å². The number of carbonyl (C=O) groups excluding carboxylic acids is 1. The van der Waals surface area contributed by atoms with Gasteiger partial charge in [0.25, 0.3) is 0 Å². The number of likely N-dealkylation sites (N-methyl/N-ethyl adjacent to an activating group) is 1. The SMILES string of the molecule is CCCCCCCCCC(=O)OCC(O)COP(=O)(OC)OCC[N+](C)(C)C. The number of hydrogen-bond donors (Lipinski definition) is 1. The lowest BCUT2D eigenvalue weighted by molar-refractivity contribution is -0.870. The molecule has 28 heavy (non-hydrogen) atoms. The second-order valence-electron chi connectivity index (χ2n) is 7.98. The molecule has 8 nitrogen and oxygen atoms in total. The number of carbonyl (C=O) groups is 1. The Morgan fingerprint density at radius 1 is 1.00 bits per heavy atom. The number of phosphoric acid groups is 1. The molecule has 0 aromatic rings. The van der Waals surface area contributed by atoms with Gasteiger partial charge in [0.2, 0.25) is 0 Å². The monoisotopic (exact) mass is 426 g/mol. The Hall–Kier alpha value is -0.500. The summed E-state index contributed by atoms with van der Waals surface area (Å²) in [6, 6.07) is 0. The third kappa shape index (κ3) is 16.5. The number of esters is 1. The molecule has 0 fully saturated rings. The van der Waals surface area contributed by atoms with Gasteiger partial charge in [0.1, 0.15) is 25.9 Å². The number of hydrogen-bond acceptors (Lipinski definition) is 7. The number of rotatable bonds is 18. The summed E-state index contributed by atoms with van der Waals surface area (Å²) in [6.07, 6.45) is 7.11.